The van der Waals surface area contributed by atoms with Gasteiger partial charge in [0.15, 0.2) is 0 Å². The Labute approximate surface area is 91.0 Å². The Hall–Kier alpha value is -0.920. The molecule has 7 heteroatoms. The third-order valence-electron chi connectivity index (χ3n) is 2.30. The van der Waals surface area contributed by atoms with Crippen molar-refractivity contribution >= 4 is 16.5 Å². The normalized spacial score (nSPS) is 25.7. The highest BCUT2D eigenvalue weighted by molar-refractivity contribution is 7.16. The molecular formula is C8H12N3O3S-. The van der Waals surface area contributed by atoms with Crippen molar-refractivity contribution in [3.63, 3.8) is 0 Å². The zero-order valence-electron chi connectivity index (χ0n) is 8.09. The summed E-state index contributed by atoms with van der Waals surface area (Å²) in [6.45, 7) is 0.984. The fourth-order valence-electron chi connectivity index (χ4n) is 1.53. The average molecular weight is 230 g/mol. The molecule has 6 nitrogen and oxygen atoms in total. The number of nitrogens with zero attached hydrogens (tertiary/aromatic N) is 2. The molecule has 0 aliphatic carbocycles. The fraction of sp³-hybridized carbons (Fsp3) is 0.750. The van der Waals surface area contributed by atoms with Crippen LogP contribution in [0.4, 0.5) is 5.13 Å². The molecule has 1 saturated heterocycles. The monoisotopic (exact) mass is 230 g/mol. The summed E-state index contributed by atoms with van der Waals surface area (Å²) in [5.41, 5.74) is 5.43. The van der Waals surface area contributed by atoms with E-state index in [2.05, 4.69) is 10.2 Å². The smallest absolute Gasteiger partial charge is 0.296 e. The molecule has 0 aromatic carbocycles. The predicted octanol–water partition coefficient (Wildman–Crippen LogP) is -0.736. The van der Waals surface area contributed by atoms with Crippen LogP contribution >= 0.6 is 11.3 Å². The Morgan fingerprint density at radius 2 is 2.40 bits per heavy atom. The van der Waals surface area contributed by atoms with Gasteiger partial charge in [-0.25, -0.2) is 0 Å². The minimum absolute atomic E-state index is 0.0914. The van der Waals surface area contributed by atoms with Gasteiger partial charge in [-0.15, -0.1) is 11.7 Å². The van der Waals surface area contributed by atoms with Crippen LogP contribution in [-0.4, -0.2) is 36.1 Å². The number of hydrogen-bond acceptors (Lipinski definition) is 7. The summed E-state index contributed by atoms with van der Waals surface area (Å²) in [6, 6.07) is 0. The highest BCUT2D eigenvalue weighted by Crippen LogP contribution is 2.26. The van der Waals surface area contributed by atoms with E-state index in [1.807, 2.05) is 0 Å². The summed E-state index contributed by atoms with van der Waals surface area (Å²) in [5.74, 6) is 0.160. The van der Waals surface area contributed by atoms with Crippen molar-refractivity contribution in [3.05, 3.63) is 0 Å². The number of anilines is 1. The van der Waals surface area contributed by atoms with Crippen molar-refractivity contribution in [2.24, 2.45) is 5.92 Å². The van der Waals surface area contributed by atoms with Crippen LogP contribution in [0.1, 0.15) is 6.42 Å². The molecule has 0 saturated carbocycles. The van der Waals surface area contributed by atoms with Gasteiger partial charge in [0.25, 0.3) is 5.19 Å². The lowest BCUT2D eigenvalue weighted by molar-refractivity contribution is -0.370. The minimum atomic E-state index is -0.105. The minimum Gasteiger partial charge on any atom is -0.854 e. The lowest BCUT2D eigenvalue weighted by Gasteiger charge is -2.18. The molecule has 1 aromatic heterocycles. The zero-order valence-corrected chi connectivity index (χ0v) is 8.90. The zero-order chi connectivity index (χ0) is 10.7. The third-order valence-corrected chi connectivity index (χ3v) is 2.95. The maximum absolute atomic E-state index is 10.5. The molecular weight excluding hydrogens is 218 g/mol. The molecule has 2 heterocycles. The van der Waals surface area contributed by atoms with Crippen molar-refractivity contribution in [1.29, 1.82) is 0 Å². The molecule has 0 amide bonds. The summed E-state index contributed by atoms with van der Waals surface area (Å²) in [4.78, 5) is 0. The molecule has 1 aromatic rings. The van der Waals surface area contributed by atoms with Gasteiger partial charge in [-0.1, -0.05) is 11.5 Å². The van der Waals surface area contributed by atoms with E-state index >= 15 is 0 Å². The Bertz CT molecular complexity index is 320. The van der Waals surface area contributed by atoms with Crippen LogP contribution in [0.3, 0.4) is 0 Å². The molecule has 2 rings (SSSR count). The number of rotatable bonds is 4. The van der Waals surface area contributed by atoms with Crippen molar-refractivity contribution in [2.45, 2.75) is 12.5 Å². The van der Waals surface area contributed by atoms with Gasteiger partial charge in [0.1, 0.15) is 6.10 Å². The third kappa shape index (κ3) is 2.55. The topological polar surface area (TPSA) is 93.3 Å². The van der Waals surface area contributed by atoms with Gasteiger partial charge in [-0.3, -0.25) is 0 Å². The van der Waals surface area contributed by atoms with Gasteiger partial charge in [-0.05, 0) is 11.3 Å². The second-order valence-corrected chi connectivity index (χ2v) is 4.32. The van der Waals surface area contributed by atoms with Crippen LogP contribution in [0.2, 0.25) is 0 Å². The molecule has 0 radical (unpaired) electrons. The Morgan fingerprint density at radius 3 is 3.07 bits per heavy atom. The first-order valence-electron chi connectivity index (χ1n) is 4.71. The van der Waals surface area contributed by atoms with Gasteiger partial charge in [0, 0.05) is 5.92 Å². The van der Waals surface area contributed by atoms with Gasteiger partial charge in [-0.2, -0.15) is 0 Å². The summed E-state index contributed by atoms with van der Waals surface area (Å²) in [6.07, 6.45) is 0.477. The van der Waals surface area contributed by atoms with Crippen molar-refractivity contribution in [2.75, 3.05) is 25.6 Å². The molecule has 0 unspecified atom stereocenters. The molecule has 2 atom stereocenters. The first kappa shape index (κ1) is 10.6. The van der Waals surface area contributed by atoms with Crippen LogP contribution < -0.4 is 15.6 Å². The molecule has 0 bridgehead atoms. The standard InChI is InChI=1S/C8H12N3O3S/c9-7-10-11-8(15-7)14-6-4-13-3-5(6)1-2-12/h5-6H,1-4H2,(H2,9,10)/q-1/t5-,6+/m1/s1. The van der Waals surface area contributed by atoms with E-state index in [0.717, 1.165) is 0 Å². The van der Waals surface area contributed by atoms with E-state index in [1.165, 1.54) is 11.3 Å². The van der Waals surface area contributed by atoms with Crippen LogP contribution in [0.5, 0.6) is 5.19 Å². The van der Waals surface area contributed by atoms with Crippen LogP contribution in [0.15, 0.2) is 0 Å². The van der Waals surface area contributed by atoms with Crippen LogP contribution in [0, 0.1) is 5.92 Å². The predicted molar refractivity (Wildman–Crippen MR) is 52.5 cm³/mol. The van der Waals surface area contributed by atoms with E-state index in [-0.39, 0.29) is 18.6 Å². The van der Waals surface area contributed by atoms with E-state index in [4.69, 9.17) is 15.2 Å². The lowest BCUT2D eigenvalue weighted by Crippen LogP contribution is -2.28. The summed E-state index contributed by atoms with van der Waals surface area (Å²) < 4.78 is 10.8. The Balaban J connectivity index is 1.93. The highest BCUT2D eigenvalue weighted by Gasteiger charge is 2.29. The number of hydrogen-bond donors (Lipinski definition) is 1. The summed E-state index contributed by atoms with van der Waals surface area (Å²) >= 11 is 1.19. The van der Waals surface area contributed by atoms with E-state index in [1.54, 1.807) is 0 Å². The molecule has 84 valence electrons. The largest absolute Gasteiger partial charge is 0.854 e. The van der Waals surface area contributed by atoms with Gasteiger partial charge in [0.2, 0.25) is 5.13 Å². The molecule has 2 N–H and O–H groups in total. The Morgan fingerprint density at radius 1 is 1.53 bits per heavy atom. The first-order valence-corrected chi connectivity index (χ1v) is 5.52. The number of nitrogen functional groups attached to an aromatic ring is 1. The van der Waals surface area contributed by atoms with Crippen LogP contribution in [-0.2, 0) is 4.74 Å². The molecule has 1 fully saturated rings. The molecule has 15 heavy (non-hydrogen) atoms. The molecule has 0 spiro atoms. The second-order valence-electron chi connectivity index (χ2n) is 3.35. The van der Waals surface area contributed by atoms with E-state index in [9.17, 15) is 5.11 Å². The van der Waals surface area contributed by atoms with Gasteiger partial charge >= 0.3 is 0 Å². The average Bonchev–Trinajstić information content (AvgIpc) is 2.78. The molecule has 1 aliphatic rings. The maximum atomic E-state index is 10.5. The van der Waals surface area contributed by atoms with Crippen molar-refractivity contribution < 1.29 is 14.6 Å². The number of aromatic nitrogens is 2. The Kier molecular flexibility index (Phi) is 3.34. The fourth-order valence-corrected chi connectivity index (χ4v) is 2.04. The van der Waals surface area contributed by atoms with Gasteiger partial charge in [0.05, 0.1) is 13.2 Å². The number of ether oxygens (including phenoxy) is 2. The summed E-state index contributed by atoms with van der Waals surface area (Å²) in [7, 11) is 0. The molecule has 1 aliphatic heterocycles. The first-order chi connectivity index (χ1) is 7.29. The van der Waals surface area contributed by atoms with E-state index < -0.39 is 0 Å². The lowest BCUT2D eigenvalue weighted by atomic mass is 10.0. The van der Waals surface area contributed by atoms with Crippen molar-refractivity contribution in [1.82, 2.24) is 10.2 Å². The second kappa shape index (κ2) is 4.73. The van der Waals surface area contributed by atoms with Crippen molar-refractivity contribution in [3.8, 4) is 5.19 Å². The van der Waals surface area contributed by atoms with E-state index in [0.29, 0.717) is 30.0 Å². The van der Waals surface area contributed by atoms with Gasteiger partial charge < -0.3 is 20.3 Å². The SMILES string of the molecule is Nc1nnc(O[C@H]2COC[C@H]2CC[O-])s1. The summed E-state index contributed by atoms with van der Waals surface area (Å²) in [5, 5.41) is 18.8. The van der Waals surface area contributed by atoms with Crippen LogP contribution in [0.25, 0.3) is 0 Å². The number of nitrogens with two attached hydrogens (primary N) is 1. The quantitative estimate of drug-likeness (QED) is 0.732. The maximum Gasteiger partial charge on any atom is 0.296 e. The highest BCUT2D eigenvalue weighted by atomic mass is 32.1.